The molecule has 2 rings (SSSR count). The lowest BCUT2D eigenvalue weighted by Gasteiger charge is -2.10. The van der Waals surface area contributed by atoms with Crippen LogP contribution in [0.4, 0.5) is 5.82 Å². The third kappa shape index (κ3) is 3.54. The second-order valence-corrected chi connectivity index (χ2v) is 5.38. The number of H-pyrrole nitrogens is 1. The number of aryl methyl sites for hydroxylation is 1. The highest BCUT2D eigenvalue weighted by Gasteiger charge is 2.09. The number of halogens is 1. The van der Waals surface area contributed by atoms with Crippen molar-refractivity contribution in [2.45, 2.75) is 33.2 Å². The van der Waals surface area contributed by atoms with Crippen LogP contribution >= 0.6 is 22.9 Å². The van der Waals surface area contributed by atoms with E-state index < -0.39 is 0 Å². The first kappa shape index (κ1) is 14.0. The molecule has 0 aliphatic carbocycles. The molecule has 102 valence electrons. The van der Waals surface area contributed by atoms with Gasteiger partial charge in [0.15, 0.2) is 0 Å². The normalized spacial score (nSPS) is 10.7. The van der Waals surface area contributed by atoms with Crippen molar-refractivity contribution in [1.82, 2.24) is 15.0 Å². The molecule has 19 heavy (non-hydrogen) atoms. The molecule has 0 saturated carbocycles. The van der Waals surface area contributed by atoms with Gasteiger partial charge < -0.3 is 10.3 Å². The summed E-state index contributed by atoms with van der Waals surface area (Å²) in [6, 6.07) is 0. The van der Waals surface area contributed by atoms with E-state index in [-0.39, 0.29) is 4.87 Å². The lowest BCUT2D eigenvalue weighted by molar-refractivity contribution is 0.829. The molecule has 5 nitrogen and oxygen atoms in total. The summed E-state index contributed by atoms with van der Waals surface area (Å²) in [4.78, 5) is 22.4. The van der Waals surface area contributed by atoms with Crippen molar-refractivity contribution in [1.29, 1.82) is 0 Å². The largest absolute Gasteiger partial charge is 0.364 e. The highest BCUT2D eigenvalue weighted by atomic mass is 35.5. The highest BCUT2D eigenvalue weighted by molar-refractivity contribution is 7.07. The molecule has 0 fully saturated rings. The topological polar surface area (TPSA) is 70.7 Å². The SMILES string of the molecule is CCCc1nc(Cl)c(C)c(NCc2csc(=O)[nH]2)n1. The Labute approximate surface area is 120 Å². The van der Waals surface area contributed by atoms with E-state index in [0.717, 1.165) is 47.1 Å². The molecule has 0 amide bonds. The molecule has 2 aromatic heterocycles. The summed E-state index contributed by atoms with van der Waals surface area (Å²) in [6.07, 6.45) is 1.76. The zero-order chi connectivity index (χ0) is 13.8. The Kier molecular flexibility index (Phi) is 4.55. The van der Waals surface area contributed by atoms with E-state index in [1.54, 1.807) is 5.38 Å². The highest BCUT2D eigenvalue weighted by Crippen LogP contribution is 2.20. The smallest absolute Gasteiger partial charge is 0.304 e. The average molecular weight is 299 g/mol. The van der Waals surface area contributed by atoms with Gasteiger partial charge in [-0.15, -0.1) is 0 Å². The Balaban J connectivity index is 2.16. The molecule has 0 radical (unpaired) electrons. The average Bonchev–Trinajstić information content (AvgIpc) is 2.78. The van der Waals surface area contributed by atoms with Crippen LogP contribution in [-0.4, -0.2) is 15.0 Å². The number of aromatic nitrogens is 3. The number of nitrogens with zero attached hydrogens (tertiary/aromatic N) is 2. The van der Waals surface area contributed by atoms with Crippen molar-refractivity contribution < 1.29 is 0 Å². The molecule has 0 aromatic carbocycles. The summed E-state index contributed by atoms with van der Waals surface area (Å²) < 4.78 is 0. The molecule has 0 aliphatic heterocycles. The number of hydrogen-bond acceptors (Lipinski definition) is 5. The molecular weight excluding hydrogens is 284 g/mol. The fourth-order valence-corrected chi connectivity index (χ4v) is 2.39. The molecular formula is C12H15ClN4OS. The van der Waals surface area contributed by atoms with E-state index in [4.69, 9.17) is 11.6 Å². The minimum absolute atomic E-state index is 0.0547. The van der Waals surface area contributed by atoms with Gasteiger partial charge in [0.25, 0.3) is 0 Å². The molecule has 0 atom stereocenters. The van der Waals surface area contributed by atoms with Crippen LogP contribution in [0.2, 0.25) is 5.15 Å². The van der Waals surface area contributed by atoms with Crippen LogP contribution in [0, 0.1) is 6.92 Å². The maximum absolute atomic E-state index is 11.1. The van der Waals surface area contributed by atoms with E-state index in [1.165, 1.54) is 0 Å². The molecule has 0 bridgehead atoms. The Morgan fingerprint density at radius 3 is 2.89 bits per heavy atom. The van der Waals surface area contributed by atoms with Gasteiger partial charge in [-0.3, -0.25) is 4.79 Å². The van der Waals surface area contributed by atoms with Crippen LogP contribution in [0.25, 0.3) is 0 Å². The second kappa shape index (κ2) is 6.16. The fourth-order valence-electron chi connectivity index (χ4n) is 1.62. The minimum atomic E-state index is -0.0547. The lowest BCUT2D eigenvalue weighted by Crippen LogP contribution is -2.08. The first-order chi connectivity index (χ1) is 9.10. The standard InChI is InChI=1S/C12H15ClN4OS/c1-3-4-9-16-10(13)7(2)11(17-9)14-5-8-6-19-12(18)15-8/h6H,3-5H2,1-2H3,(H,15,18)(H,14,16,17). The minimum Gasteiger partial charge on any atom is -0.364 e. The van der Waals surface area contributed by atoms with Crippen LogP contribution in [0.5, 0.6) is 0 Å². The van der Waals surface area contributed by atoms with Crippen LogP contribution in [-0.2, 0) is 13.0 Å². The van der Waals surface area contributed by atoms with Gasteiger partial charge in [-0.2, -0.15) is 0 Å². The molecule has 0 spiro atoms. The van der Waals surface area contributed by atoms with Crippen LogP contribution < -0.4 is 10.2 Å². The summed E-state index contributed by atoms with van der Waals surface area (Å²) in [5.41, 5.74) is 1.65. The third-order valence-electron chi connectivity index (χ3n) is 2.62. The van der Waals surface area contributed by atoms with Gasteiger partial charge in [0.1, 0.15) is 16.8 Å². The molecule has 0 unspecified atom stereocenters. The Bertz CT molecular complexity index is 622. The van der Waals surface area contributed by atoms with Crippen LogP contribution in [0.1, 0.15) is 30.4 Å². The first-order valence-electron chi connectivity index (χ1n) is 6.03. The van der Waals surface area contributed by atoms with E-state index in [9.17, 15) is 4.79 Å². The van der Waals surface area contributed by atoms with E-state index >= 15 is 0 Å². The number of hydrogen-bond donors (Lipinski definition) is 2. The fraction of sp³-hybridized carbons (Fsp3) is 0.417. The quantitative estimate of drug-likeness (QED) is 0.833. The van der Waals surface area contributed by atoms with E-state index in [1.807, 2.05) is 6.92 Å². The third-order valence-corrected chi connectivity index (χ3v) is 3.71. The van der Waals surface area contributed by atoms with Gasteiger partial charge in [-0.05, 0) is 13.3 Å². The van der Waals surface area contributed by atoms with Gasteiger partial charge in [-0.1, -0.05) is 29.9 Å². The summed E-state index contributed by atoms with van der Waals surface area (Å²) in [5.74, 6) is 1.45. The Morgan fingerprint density at radius 1 is 1.47 bits per heavy atom. The zero-order valence-electron chi connectivity index (χ0n) is 10.8. The second-order valence-electron chi connectivity index (χ2n) is 4.18. The summed E-state index contributed by atoms with van der Waals surface area (Å²) in [5, 5.41) is 5.45. The molecule has 2 N–H and O–H groups in total. The van der Waals surface area contributed by atoms with Crippen molar-refractivity contribution in [3.63, 3.8) is 0 Å². The summed E-state index contributed by atoms with van der Waals surface area (Å²) in [6.45, 7) is 4.45. The molecule has 0 saturated heterocycles. The number of thiazole rings is 1. The van der Waals surface area contributed by atoms with Gasteiger partial charge in [0, 0.05) is 23.1 Å². The maximum atomic E-state index is 11.1. The van der Waals surface area contributed by atoms with Gasteiger partial charge in [0.05, 0.1) is 6.54 Å². The van der Waals surface area contributed by atoms with Crippen molar-refractivity contribution in [3.05, 3.63) is 37.3 Å². The summed E-state index contributed by atoms with van der Waals surface area (Å²) in [7, 11) is 0. The van der Waals surface area contributed by atoms with Crippen LogP contribution in [0.3, 0.4) is 0 Å². The monoisotopic (exact) mass is 298 g/mol. The zero-order valence-corrected chi connectivity index (χ0v) is 12.4. The first-order valence-corrected chi connectivity index (χ1v) is 7.29. The Hall–Kier alpha value is -1.40. The van der Waals surface area contributed by atoms with E-state index in [0.29, 0.717) is 11.7 Å². The Morgan fingerprint density at radius 2 is 2.26 bits per heavy atom. The number of anilines is 1. The van der Waals surface area contributed by atoms with Gasteiger partial charge in [-0.25, -0.2) is 9.97 Å². The van der Waals surface area contributed by atoms with Crippen molar-refractivity contribution in [2.24, 2.45) is 0 Å². The number of nitrogens with one attached hydrogen (secondary N) is 2. The molecule has 0 aliphatic rings. The van der Waals surface area contributed by atoms with Crippen LogP contribution in [0.15, 0.2) is 10.2 Å². The number of rotatable bonds is 5. The number of aromatic amines is 1. The lowest BCUT2D eigenvalue weighted by atomic mass is 10.3. The predicted molar refractivity (Wildman–Crippen MR) is 78.0 cm³/mol. The molecule has 2 aromatic rings. The van der Waals surface area contributed by atoms with Crippen molar-refractivity contribution in [3.8, 4) is 0 Å². The predicted octanol–water partition coefficient (Wildman–Crippen LogP) is 2.75. The van der Waals surface area contributed by atoms with Gasteiger partial charge in [0.2, 0.25) is 0 Å². The van der Waals surface area contributed by atoms with Crippen molar-refractivity contribution in [2.75, 3.05) is 5.32 Å². The molecule has 2 heterocycles. The maximum Gasteiger partial charge on any atom is 0.304 e. The van der Waals surface area contributed by atoms with Gasteiger partial charge >= 0.3 is 4.87 Å². The summed E-state index contributed by atoms with van der Waals surface area (Å²) >= 11 is 7.24. The van der Waals surface area contributed by atoms with Crippen molar-refractivity contribution >= 4 is 28.8 Å². The molecule has 7 heteroatoms. The van der Waals surface area contributed by atoms with E-state index in [2.05, 4.69) is 27.2 Å².